The van der Waals surface area contributed by atoms with E-state index in [0.29, 0.717) is 44.1 Å². The molecule has 2 fully saturated rings. The van der Waals surface area contributed by atoms with Crippen LogP contribution in [-0.4, -0.2) is 37.6 Å². The highest BCUT2D eigenvalue weighted by Gasteiger charge is 2.53. The second-order valence-corrected chi connectivity index (χ2v) is 10.3. The van der Waals surface area contributed by atoms with Gasteiger partial charge in [0.2, 0.25) is 10.1 Å². The van der Waals surface area contributed by atoms with Crippen molar-refractivity contribution in [3.63, 3.8) is 0 Å². The summed E-state index contributed by atoms with van der Waals surface area (Å²) in [6.45, 7) is 1.86. The minimum atomic E-state index is -0.320. The van der Waals surface area contributed by atoms with Crippen LogP contribution in [0.1, 0.15) is 53.3 Å². The average molecular weight is 481 g/mol. The molecule has 2 saturated carbocycles. The van der Waals surface area contributed by atoms with Crippen molar-refractivity contribution >= 4 is 38.9 Å². The molecule has 0 aromatic carbocycles. The first-order chi connectivity index (χ1) is 15.9. The van der Waals surface area contributed by atoms with Crippen molar-refractivity contribution in [2.24, 2.45) is 5.41 Å². The number of fused-ring (bicyclic) bond motifs is 1. The third-order valence-corrected chi connectivity index (χ3v) is 7.69. The zero-order valence-corrected chi connectivity index (χ0v) is 19.7. The number of hydrogen-bond donors (Lipinski definition) is 1. The van der Waals surface area contributed by atoms with E-state index in [1.165, 1.54) is 43.2 Å². The molecule has 10 heteroatoms. The van der Waals surface area contributed by atoms with Gasteiger partial charge in [0.25, 0.3) is 5.91 Å². The largest absolute Gasteiger partial charge is 0.494 e. The summed E-state index contributed by atoms with van der Waals surface area (Å²) in [5, 5.41) is 8.20. The number of ether oxygens (including phenoxy) is 1. The van der Waals surface area contributed by atoms with Crippen LogP contribution in [0.25, 0.3) is 16.1 Å². The van der Waals surface area contributed by atoms with Gasteiger partial charge in [-0.1, -0.05) is 22.9 Å². The fourth-order valence-corrected chi connectivity index (χ4v) is 5.60. The maximum atomic E-state index is 13.2. The van der Waals surface area contributed by atoms with Gasteiger partial charge in [-0.15, -0.1) is 5.10 Å². The molecule has 0 atom stereocenters. The predicted molar refractivity (Wildman–Crippen MR) is 126 cm³/mol. The normalized spacial score (nSPS) is 16.7. The molecule has 0 unspecified atom stereocenters. The number of carbonyl (C=O) groups is 1. The number of pyridine rings is 2. The number of halogens is 1. The van der Waals surface area contributed by atoms with Gasteiger partial charge in [-0.3, -0.25) is 15.1 Å². The van der Waals surface area contributed by atoms with E-state index in [-0.39, 0.29) is 5.91 Å². The Balaban J connectivity index is 1.27. The molecule has 33 heavy (non-hydrogen) atoms. The predicted octanol–water partition coefficient (Wildman–Crippen LogP) is 5.13. The Morgan fingerprint density at radius 1 is 1.24 bits per heavy atom. The first-order valence-corrected chi connectivity index (χ1v) is 12.0. The number of nitrogens with zero attached hydrogens (tertiary/aromatic N) is 5. The Labute approximate surface area is 199 Å². The summed E-state index contributed by atoms with van der Waals surface area (Å²) in [6, 6.07) is 3.51. The van der Waals surface area contributed by atoms with E-state index in [0.717, 1.165) is 16.3 Å². The zero-order chi connectivity index (χ0) is 22.7. The monoisotopic (exact) mass is 480 g/mol. The van der Waals surface area contributed by atoms with Gasteiger partial charge in [0.15, 0.2) is 0 Å². The molecular weight excluding hydrogens is 460 g/mol. The van der Waals surface area contributed by atoms with Crippen molar-refractivity contribution in [2.45, 2.75) is 38.5 Å². The van der Waals surface area contributed by atoms with Crippen molar-refractivity contribution in [3.8, 4) is 16.9 Å². The lowest BCUT2D eigenvalue weighted by Crippen LogP contribution is -2.23. The number of anilines is 1. The molecule has 168 valence electrons. The molecule has 4 heterocycles. The number of rotatable bonds is 5. The first kappa shape index (κ1) is 20.6. The molecule has 1 N–H and O–H groups in total. The van der Waals surface area contributed by atoms with Gasteiger partial charge in [0.1, 0.15) is 10.9 Å². The highest BCUT2D eigenvalue weighted by molar-refractivity contribution is 7.20. The van der Waals surface area contributed by atoms with Gasteiger partial charge < -0.3 is 4.74 Å². The van der Waals surface area contributed by atoms with Gasteiger partial charge in [-0.2, -0.15) is 0 Å². The number of methoxy groups -OCH3 is 1. The maximum Gasteiger partial charge on any atom is 0.259 e. The molecule has 8 nitrogen and oxygen atoms in total. The van der Waals surface area contributed by atoms with Crippen LogP contribution in [-0.2, 0) is 0 Å². The molecule has 6 rings (SSSR count). The molecule has 0 bridgehead atoms. The SMILES string of the molecule is COc1cnc(Cl)cc1-c1cc(C)ncc1C(=O)Nc1nn2cc(C3CC4(CC4)C3)nc2s1. The van der Waals surface area contributed by atoms with Gasteiger partial charge >= 0.3 is 0 Å². The van der Waals surface area contributed by atoms with E-state index in [2.05, 4.69) is 20.4 Å². The molecule has 0 radical (unpaired) electrons. The van der Waals surface area contributed by atoms with Crippen molar-refractivity contribution in [1.82, 2.24) is 24.6 Å². The molecule has 4 aromatic heterocycles. The van der Waals surface area contributed by atoms with Crippen LogP contribution in [0, 0.1) is 12.3 Å². The van der Waals surface area contributed by atoms with E-state index in [4.69, 9.17) is 21.3 Å². The summed E-state index contributed by atoms with van der Waals surface area (Å²) in [7, 11) is 1.55. The molecule has 2 aliphatic carbocycles. The second-order valence-electron chi connectivity index (χ2n) is 8.94. The zero-order valence-electron chi connectivity index (χ0n) is 18.1. The highest BCUT2D eigenvalue weighted by atomic mass is 35.5. The van der Waals surface area contributed by atoms with Crippen LogP contribution in [0.15, 0.2) is 30.7 Å². The summed E-state index contributed by atoms with van der Waals surface area (Å²) in [5.74, 6) is 0.741. The Hall–Kier alpha value is -3.04. The fraction of sp³-hybridized carbons (Fsp3) is 0.348. The van der Waals surface area contributed by atoms with Crippen LogP contribution < -0.4 is 10.1 Å². The standard InChI is InChI=1S/C23H21ClN6O2S/c1-12-5-14(15-6-19(24)26-10-18(15)32-2)16(9-25-12)20(31)28-21-29-30-11-17(27-22(30)33-21)13-7-23(8-13)3-4-23/h5-6,9-11,13H,3-4,7-8H2,1-2H3,(H,28,29,31). The summed E-state index contributed by atoms with van der Waals surface area (Å²) in [5.41, 5.74) is 4.22. The lowest BCUT2D eigenvalue weighted by molar-refractivity contribution is 0.102. The lowest BCUT2D eigenvalue weighted by Gasteiger charge is -2.34. The number of nitrogens with one attached hydrogen (secondary N) is 1. The van der Waals surface area contributed by atoms with Gasteiger partial charge in [0.05, 0.1) is 30.8 Å². The van der Waals surface area contributed by atoms with Crippen molar-refractivity contribution in [3.05, 3.63) is 52.8 Å². The van der Waals surface area contributed by atoms with Crippen LogP contribution in [0.3, 0.4) is 0 Å². The van der Waals surface area contributed by atoms with Crippen molar-refractivity contribution < 1.29 is 9.53 Å². The Bertz CT molecular complexity index is 1370. The first-order valence-electron chi connectivity index (χ1n) is 10.8. The Kier molecular flexibility index (Phi) is 4.67. The van der Waals surface area contributed by atoms with Crippen LogP contribution >= 0.6 is 22.9 Å². The minimum Gasteiger partial charge on any atom is -0.494 e. The molecule has 1 amide bonds. The third-order valence-electron chi connectivity index (χ3n) is 6.65. The Morgan fingerprint density at radius 2 is 2.06 bits per heavy atom. The topological polar surface area (TPSA) is 94.3 Å². The highest BCUT2D eigenvalue weighted by Crippen LogP contribution is 2.66. The summed E-state index contributed by atoms with van der Waals surface area (Å²) < 4.78 is 7.20. The molecular formula is C23H21ClN6O2S. The van der Waals surface area contributed by atoms with E-state index in [1.54, 1.807) is 23.9 Å². The summed E-state index contributed by atoms with van der Waals surface area (Å²) in [6.07, 6.45) is 10.3. The molecule has 2 aliphatic rings. The number of hydrogen-bond acceptors (Lipinski definition) is 7. The minimum absolute atomic E-state index is 0.308. The number of aromatic nitrogens is 5. The number of imidazole rings is 1. The van der Waals surface area contributed by atoms with E-state index in [9.17, 15) is 4.79 Å². The second kappa shape index (κ2) is 7.50. The average Bonchev–Trinajstić information content (AvgIpc) is 3.36. The molecule has 0 aliphatic heterocycles. The number of aryl methyl sites for hydroxylation is 1. The smallest absolute Gasteiger partial charge is 0.259 e. The van der Waals surface area contributed by atoms with E-state index in [1.807, 2.05) is 19.2 Å². The van der Waals surface area contributed by atoms with E-state index >= 15 is 0 Å². The van der Waals surface area contributed by atoms with Gasteiger partial charge in [-0.25, -0.2) is 14.5 Å². The van der Waals surface area contributed by atoms with Crippen LogP contribution in [0.4, 0.5) is 5.13 Å². The van der Waals surface area contributed by atoms with Gasteiger partial charge in [0, 0.05) is 28.9 Å². The lowest BCUT2D eigenvalue weighted by atomic mass is 9.70. The fourth-order valence-electron chi connectivity index (χ4n) is 4.66. The number of carbonyl (C=O) groups excluding carboxylic acids is 1. The van der Waals surface area contributed by atoms with Gasteiger partial charge in [-0.05, 0) is 50.2 Å². The molecule has 4 aromatic rings. The van der Waals surface area contributed by atoms with E-state index < -0.39 is 0 Å². The van der Waals surface area contributed by atoms with Crippen LogP contribution in [0.2, 0.25) is 5.15 Å². The number of amides is 1. The Morgan fingerprint density at radius 3 is 2.79 bits per heavy atom. The summed E-state index contributed by atoms with van der Waals surface area (Å²) in [4.78, 5) is 27.1. The third kappa shape index (κ3) is 3.65. The molecule has 1 spiro atoms. The van der Waals surface area contributed by atoms with Crippen LogP contribution in [0.5, 0.6) is 5.75 Å². The maximum absolute atomic E-state index is 13.2. The summed E-state index contributed by atoms with van der Waals surface area (Å²) >= 11 is 7.48. The van der Waals surface area contributed by atoms with Crippen molar-refractivity contribution in [1.29, 1.82) is 0 Å². The van der Waals surface area contributed by atoms with Crippen molar-refractivity contribution in [2.75, 3.05) is 12.4 Å². The molecule has 0 saturated heterocycles. The quantitative estimate of drug-likeness (QED) is 0.398.